The molecule has 26 heavy (non-hydrogen) atoms. The van der Waals surface area contributed by atoms with Gasteiger partial charge in [0.05, 0.1) is 23.4 Å². The number of methoxy groups -OCH3 is 1. The number of benzene rings is 3. The molecule has 1 N–H and O–H groups in total. The van der Waals surface area contributed by atoms with Crippen LogP contribution in [0.15, 0.2) is 60.7 Å². The smallest absolute Gasteiger partial charge is 0.337 e. The number of fused-ring (bicyclic) bond motifs is 1. The predicted octanol–water partition coefficient (Wildman–Crippen LogP) is 4.30. The van der Waals surface area contributed by atoms with E-state index in [0.717, 1.165) is 10.8 Å². The standard InChI is InChI=1S/C20H16ClNO4/c1-25-20(24)15-7-9-17(21)18(11-15)22-19(23)12-26-16-8-6-13-4-2-3-5-14(13)10-16/h2-11H,12H2,1H3,(H,22,23). The van der Waals surface area contributed by atoms with Crippen LogP contribution in [0.25, 0.3) is 10.8 Å². The van der Waals surface area contributed by atoms with E-state index in [9.17, 15) is 9.59 Å². The zero-order chi connectivity index (χ0) is 18.5. The van der Waals surface area contributed by atoms with Gasteiger partial charge in [0.15, 0.2) is 6.61 Å². The van der Waals surface area contributed by atoms with Crippen molar-refractivity contribution in [2.75, 3.05) is 19.0 Å². The van der Waals surface area contributed by atoms with Crippen LogP contribution in [-0.2, 0) is 9.53 Å². The number of esters is 1. The average Bonchev–Trinajstić information content (AvgIpc) is 2.67. The molecular weight excluding hydrogens is 354 g/mol. The summed E-state index contributed by atoms with van der Waals surface area (Å²) in [5, 5.41) is 5.07. The topological polar surface area (TPSA) is 64.6 Å². The average molecular weight is 370 g/mol. The van der Waals surface area contributed by atoms with Crippen molar-refractivity contribution in [1.29, 1.82) is 0 Å². The zero-order valence-electron chi connectivity index (χ0n) is 14.0. The second kappa shape index (κ2) is 7.89. The van der Waals surface area contributed by atoms with Gasteiger partial charge in [-0.1, -0.05) is 41.9 Å². The van der Waals surface area contributed by atoms with Gasteiger partial charge in [-0.25, -0.2) is 4.79 Å². The Morgan fingerprint density at radius 3 is 2.54 bits per heavy atom. The van der Waals surface area contributed by atoms with Gasteiger partial charge in [0, 0.05) is 0 Å². The van der Waals surface area contributed by atoms with Crippen LogP contribution in [0.4, 0.5) is 5.69 Å². The van der Waals surface area contributed by atoms with Gasteiger partial charge in [-0.05, 0) is 41.1 Å². The predicted molar refractivity (Wildman–Crippen MR) is 101 cm³/mol. The molecule has 0 aromatic heterocycles. The molecule has 0 atom stereocenters. The molecule has 0 saturated heterocycles. The number of carbonyl (C=O) groups is 2. The lowest BCUT2D eigenvalue weighted by Crippen LogP contribution is -2.20. The lowest BCUT2D eigenvalue weighted by molar-refractivity contribution is -0.118. The second-order valence-electron chi connectivity index (χ2n) is 5.53. The second-order valence-corrected chi connectivity index (χ2v) is 5.94. The molecule has 3 rings (SSSR count). The van der Waals surface area contributed by atoms with Crippen molar-refractivity contribution in [3.63, 3.8) is 0 Å². The summed E-state index contributed by atoms with van der Waals surface area (Å²) in [7, 11) is 1.28. The molecule has 1 amide bonds. The first-order valence-corrected chi connectivity index (χ1v) is 8.24. The van der Waals surface area contributed by atoms with E-state index in [1.165, 1.54) is 25.3 Å². The van der Waals surface area contributed by atoms with Gasteiger partial charge in [0.2, 0.25) is 0 Å². The van der Waals surface area contributed by atoms with Crippen LogP contribution in [0, 0.1) is 0 Å². The summed E-state index contributed by atoms with van der Waals surface area (Å²) in [6, 6.07) is 18.0. The minimum absolute atomic E-state index is 0.183. The fourth-order valence-electron chi connectivity index (χ4n) is 2.46. The molecule has 132 valence electrons. The fraction of sp³-hybridized carbons (Fsp3) is 0.100. The lowest BCUT2D eigenvalue weighted by atomic mass is 10.1. The third-order valence-electron chi connectivity index (χ3n) is 3.75. The van der Waals surface area contributed by atoms with Crippen LogP contribution in [0.3, 0.4) is 0 Å². The van der Waals surface area contributed by atoms with Crippen LogP contribution in [0.2, 0.25) is 5.02 Å². The number of hydrogen-bond donors (Lipinski definition) is 1. The molecule has 6 heteroatoms. The molecule has 0 aliphatic carbocycles. The van der Waals surface area contributed by atoms with Crippen LogP contribution in [0.1, 0.15) is 10.4 Å². The quantitative estimate of drug-likeness (QED) is 0.681. The Hall–Kier alpha value is -3.05. The van der Waals surface area contributed by atoms with Crippen molar-refractivity contribution in [3.05, 3.63) is 71.2 Å². The molecule has 0 aliphatic heterocycles. The van der Waals surface area contributed by atoms with Gasteiger partial charge in [-0.3, -0.25) is 4.79 Å². The molecule has 0 aliphatic rings. The summed E-state index contributed by atoms with van der Waals surface area (Å²) in [5.74, 6) is -0.306. The van der Waals surface area contributed by atoms with Crippen molar-refractivity contribution < 1.29 is 19.1 Å². The Bertz CT molecular complexity index is 971. The minimum Gasteiger partial charge on any atom is -0.484 e. The maximum Gasteiger partial charge on any atom is 0.337 e. The third kappa shape index (κ3) is 4.13. The highest BCUT2D eigenvalue weighted by Gasteiger charge is 2.12. The number of rotatable bonds is 5. The van der Waals surface area contributed by atoms with Gasteiger partial charge in [-0.15, -0.1) is 0 Å². The van der Waals surface area contributed by atoms with E-state index in [4.69, 9.17) is 16.3 Å². The molecule has 3 aromatic rings. The Labute approximate surface area is 155 Å². The highest BCUT2D eigenvalue weighted by atomic mass is 35.5. The number of anilines is 1. The van der Waals surface area contributed by atoms with E-state index in [-0.39, 0.29) is 12.5 Å². The van der Waals surface area contributed by atoms with Crippen molar-refractivity contribution in [1.82, 2.24) is 0 Å². The van der Waals surface area contributed by atoms with Gasteiger partial charge in [0.1, 0.15) is 5.75 Å². The normalized spacial score (nSPS) is 10.4. The number of ether oxygens (including phenoxy) is 2. The maximum atomic E-state index is 12.1. The van der Waals surface area contributed by atoms with Crippen LogP contribution < -0.4 is 10.1 Å². The SMILES string of the molecule is COC(=O)c1ccc(Cl)c(NC(=O)COc2ccc3ccccc3c2)c1. The van der Waals surface area contributed by atoms with Gasteiger partial charge < -0.3 is 14.8 Å². The van der Waals surface area contributed by atoms with E-state index >= 15 is 0 Å². The molecule has 0 saturated carbocycles. The van der Waals surface area contributed by atoms with E-state index in [1.54, 1.807) is 6.07 Å². The number of nitrogens with one attached hydrogen (secondary N) is 1. The van der Waals surface area contributed by atoms with Crippen LogP contribution in [0.5, 0.6) is 5.75 Å². The Morgan fingerprint density at radius 1 is 1.00 bits per heavy atom. The van der Waals surface area contributed by atoms with E-state index in [2.05, 4.69) is 10.1 Å². The highest BCUT2D eigenvalue weighted by molar-refractivity contribution is 6.33. The lowest BCUT2D eigenvalue weighted by Gasteiger charge is -2.10. The molecule has 0 bridgehead atoms. The van der Waals surface area contributed by atoms with E-state index in [1.807, 2.05) is 36.4 Å². The molecule has 0 spiro atoms. The summed E-state index contributed by atoms with van der Waals surface area (Å²) >= 11 is 6.06. The third-order valence-corrected chi connectivity index (χ3v) is 4.08. The molecule has 5 nitrogen and oxygen atoms in total. The number of amides is 1. The van der Waals surface area contributed by atoms with Gasteiger partial charge in [-0.2, -0.15) is 0 Å². The first-order valence-electron chi connectivity index (χ1n) is 7.86. The van der Waals surface area contributed by atoms with Crippen molar-refractivity contribution in [2.24, 2.45) is 0 Å². The van der Waals surface area contributed by atoms with Crippen LogP contribution >= 0.6 is 11.6 Å². The molecular formula is C20H16ClNO4. The first kappa shape index (κ1) is 17.8. The van der Waals surface area contributed by atoms with Crippen molar-refractivity contribution >= 4 is 39.9 Å². The zero-order valence-corrected chi connectivity index (χ0v) is 14.7. The maximum absolute atomic E-state index is 12.1. The number of halogens is 1. The Kier molecular flexibility index (Phi) is 5.39. The Morgan fingerprint density at radius 2 is 1.77 bits per heavy atom. The van der Waals surface area contributed by atoms with E-state index in [0.29, 0.717) is 22.0 Å². The van der Waals surface area contributed by atoms with Gasteiger partial charge in [0.25, 0.3) is 5.91 Å². The highest BCUT2D eigenvalue weighted by Crippen LogP contribution is 2.24. The van der Waals surface area contributed by atoms with Crippen molar-refractivity contribution in [2.45, 2.75) is 0 Å². The molecule has 3 aromatic carbocycles. The monoisotopic (exact) mass is 369 g/mol. The molecule has 0 fully saturated rings. The molecule has 0 radical (unpaired) electrons. The summed E-state index contributed by atoms with van der Waals surface area (Å²) in [6.45, 7) is -0.183. The summed E-state index contributed by atoms with van der Waals surface area (Å²) in [6.07, 6.45) is 0. The number of hydrogen-bond acceptors (Lipinski definition) is 4. The van der Waals surface area contributed by atoms with E-state index < -0.39 is 5.97 Å². The fourth-order valence-corrected chi connectivity index (χ4v) is 2.62. The van der Waals surface area contributed by atoms with Crippen molar-refractivity contribution in [3.8, 4) is 5.75 Å². The largest absolute Gasteiger partial charge is 0.484 e. The van der Waals surface area contributed by atoms with Crippen LogP contribution in [-0.4, -0.2) is 25.6 Å². The number of carbonyl (C=O) groups excluding carboxylic acids is 2. The Balaban J connectivity index is 1.66. The molecule has 0 heterocycles. The minimum atomic E-state index is -0.510. The summed E-state index contributed by atoms with van der Waals surface area (Å²) in [4.78, 5) is 23.7. The summed E-state index contributed by atoms with van der Waals surface area (Å²) in [5.41, 5.74) is 0.615. The van der Waals surface area contributed by atoms with Gasteiger partial charge >= 0.3 is 5.97 Å². The molecule has 0 unspecified atom stereocenters. The summed E-state index contributed by atoms with van der Waals surface area (Å²) < 4.78 is 10.2. The first-order chi connectivity index (χ1) is 12.6.